The van der Waals surface area contributed by atoms with Crippen LogP contribution in [-0.2, 0) is 16.8 Å². The number of nitrogens with zero attached hydrogens (tertiary/aromatic N) is 7. The number of pyridine rings is 2. The van der Waals surface area contributed by atoms with E-state index in [4.69, 9.17) is 0 Å². The van der Waals surface area contributed by atoms with Gasteiger partial charge in [-0.15, -0.1) is 10.2 Å². The smallest absolute Gasteiger partial charge is 0.237 e. The zero-order chi connectivity index (χ0) is 21.9. The van der Waals surface area contributed by atoms with Crippen LogP contribution in [0.3, 0.4) is 0 Å². The molecule has 4 aromatic heterocycles. The van der Waals surface area contributed by atoms with E-state index < -0.39 is 22.9 Å². The molecule has 156 valence electrons. The number of rotatable bonds is 3. The molecule has 12 heteroatoms. The maximum Gasteiger partial charge on any atom is 0.237 e. The van der Waals surface area contributed by atoms with E-state index in [0.717, 1.165) is 18.6 Å². The molecule has 0 spiro atoms. The SMILES string of the molecule is CC1(C)C(=O)Nc2nc(-c3nn(Cc4c(F)cncc4F)c4ncc(F)cc34)nnc21. The average molecular weight is 426 g/mol. The topological polar surface area (TPSA) is 111 Å². The first-order chi connectivity index (χ1) is 14.8. The van der Waals surface area contributed by atoms with Gasteiger partial charge in [0, 0.05) is 5.56 Å². The van der Waals surface area contributed by atoms with Gasteiger partial charge >= 0.3 is 0 Å². The Hall–Kier alpha value is -3.96. The molecule has 0 aromatic carbocycles. The van der Waals surface area contributed by atoms with Crippen LogP contribution < -0.4 is 5.32 Å². The molecule has 0 aliphatic carbocycles. The number of anilines is 1. The molecule has 4 aromatic rings. The second-order valence-corrected chi connectivity index (χ2v) is 7.52. The number of carbonyl (C=O) groups excluding carboxylic acids is 1. The zero-order valence-corrected chi connectivity index (χ0v) is 16.2. The van der Waals surface area contributed by atoms with Crippen molar-refractivity contribution in [2.45, 2.75) is 25.8 Å². The molecule has 0 radical (unpaired) electrons. The molecule has 0 saturated carbocycles. The van der Waals surface area contributed by atoms with Crippen molar-refractivity contribution in [2.75, 3.05) is 5.32 Å². The molecule has 1 aliphatic heterocycles. The van der Waals surface area contributed by atoms with Crippen LogP contribution in [-0.4, -0.2) is 40.8 Å². The standard InChI is InChI=1S/C19H13F3N8O/c1-19(2)14-16(26-18(19)31)25-15(28-27-14)13-9-3-8(20)4-24-17(9)30(29-13)7-10-11(21)5-23-6-12(10)22/h3-6H,7H2,1-2H3,(H,25,26,28,31). The second-order valence-electron chi connectivity index (χ2n) is 7.52. The van der Waals surface area contributed by atoms with Crippen molar-refractivity contribution in [3.8, 4) is 11.5 Å². The Kier molecular flexibility index (Phi) is 4.00. The van der Waals surface area contributed by atoms with Crippen molar-refractivity contribution >= 4 is 22.8 Å². The number of hydrogen-bond donors (Lipinski definition) is 1. The van der Waals surface area contributed by atoms with Crippen LogP contribution in [0.15, 0.2) is 24.7 Å². The lowest BCUT2D eigenvalue weighted by Gasteiger charge is -2.11. The predicted molar refractivity (Wildman–Crippen MR) is 101 cm³/mol. The first-order valence-electron chi connectivity index (χ1n) is 9.12. The highest BCUT2D eigenvalue weighted by Crippen LogP contribution is 2.35. The molecule has 5 heterocycles. The minimum atomic E-state index is -0.903. The predicted octanol–water partition coefficient (Wildman–Crippen LogP) is 2.37. The van der Waals surface area contributed by atoms with E-state index in [9.17, 15) is 18.0 Å². The molecule has 0 atom stereocenters. The number of carbonyl (C=O) groups is 1. The minimum Gasteiger partial charge on any atom is -0.308 e. The number of amides is 1. The van der Waals surface area contributed by atoms with Gasteiger partial charge in [0.15, 0.2) is 11.5 Å². The van der Waals surface area contributed by atoms with E-state index in [2.05, 4.69) is 35.6 Å². The monoisotopic (exact) mass is 426 g/mol. The quantitative estimate of drug-likeness (QED) is 0.535. The zero-order valence-electron chi connectivity index (χ0n) is 16.2. The highest BCUT2D eigenvalue weighted by molar-refractivity contribution is 6.04. The fourth-order valence-electron chi connectivity index (χ4n) is 3.35. The first-order valence-corrected chi connectivity index (χ1v) is 9.12. The Balaban J connectivity index is 1.67. The molecule has 5 rings (SSSR count). The molecule has 9 nitrogen and oxygen atoms in total. The Morgan fingerprint density at radius 2 is 1.84 bits per heavy atom. The Labute approximate surface area is 172 Å². The Morgan fingerprint density at radius 3 is 2.58 bits per heavy atom. The summed E-state index contributed by atoms with van der Waals surface area (Å²) >= 11 is 0. The van der Waals surface area contributed by atoms with Gasteiger partial charge in [-0.25, -0.2) is 27.8 Å². The normalized spacial score (nSPS) is 14.7. The van der Waals surface area contributed by atoms with Crippen molar-refractivity contribution in [1.29, 1.82) is 0 Å². The molecular formula is C19H13F3N8O. The third-order valence-electron chi connectivity index (χ3n) is 5.10. The number of nitrogens with one attached hydrogen (secondary N) is 1. The van der Waals surface area contributed by atoms with Crippen LogP contribution in [0, 0.1) is 17.5 Å². The van der Waals surface area contributed by atoms with Gasteiger partial charge in [0.25, 0.3) is 0 Å². The van der Waals surface area contributed by atoms with Gasteiger partial charge in [-0.1, -0.05) is 0 Å². The van der Waals surface area contributed by atoms with E-state index in [0.29, 0.717) is 5.69 Å². The van der Waals surface area contributed by atoms with E-state index in [1.807, 2.05) is 0 Å². The van der Waals surface area contributed by atoms with Crippen molar-refractivity contribution in [1.82, 2.24) is 34.9 Å². The Bertz CT molecular complexity index is 1360. The van der Waals surface area contributed by atoms with Gasteiger partial charge in [-0.05, 0) is 19.9 Å². The fourth-order valence-corrected chi connectivity index (χ4v) is 3.35. The lowest BCUT2D eigenvalue weighted by Crippen LogP contribution is -2.27. The van der Waals surface area contributed by atoms with Crippen LogP contribution in [0.2, 0.25) is 0 Å². The summed E-state index contributed by atoms with van der Waals surface area (Å²) in [5, 5.41) is 15.3. The highest BCUT2D eigenvalue weighted by Gasteiger charge is 2.42. The maximum atomic E-state index is 14.1. The van der Waals surface area contributed by atoms with Crippen LogP contribution in [0.5, 0.6) is 0 Å². The van der Waals surface area contributed by atoms with Crippen molar-refractivity contribution in [3.05, 3.63) is 53.4 Å². The number of halogens is 3. The molecule has 0 saturated heterocycles. The molecule has 1 aliphatic rings. The molecule has 0 fully saturated rings. The molecule has 31 heavy (non-hydrogen) atoms. The number of fused-ring (bicyclic) bond motifs is 2. The summed E-state index contributed by atoms with van der Waals surface area (Å²) in [5.74, 6) is -2.41. The van der Waals surface area contributed by atoms with E-state index in [1.54, 1.807) is 13.8 Å². The molecule has 0 bridgehead atoms. The second kappa shape index (κ2) is 6.52. The van der Waals surface area contributed by atoms with Crippen molar-refractivity contribution in [2.24, 2.45) is 0 Å². The van der Waals surface area contributed by atoms with Gasteiger partial charge in [-0.3, -0.25) is 9.78 Å². The molecular weight excluding hydrogens is 413 g/mol. The average Bonchev–Trinajstić information content (AvgIpc) is 3.18. The summed E-state index contributed by atoms with van der Waals surface area (Å²) in [6.45, 7) is 3.05. The van der Waals surface area contributed by atoms with E-state index in [1.165, 1.54) is 10.7 Å². The van der Waals surface area contributed by atoms with Gasteiger partial charge in [0.2, 0.25) is 11.7 Å². The minimum absolute atomic E-state index is 0.00331. The van der Waals surface area contributed by atoms with Crippen LogP contribution >= 0.6 is 0 Å². The first kappa shape index (κ1) is 19.0. The maximum absolute atomic E-state index is 14.1. The summed E-state index contributed by atoms with van der Waals surface area (Å²) in [4.78, 5) is 23.9. The fraction of sp³-hybridized carbons (Fsp3) is 0.211. The van der Waals surface area contributed by atoms with E-state index >= 15 is 0 Å². The van der Waals surface area contributed by atoms with Gasteiger partial charge in [-0.2, -0.15) is 5.10 Å². The van der Waals surface area contributed by atoms with Crippen LogP contribution in [0.25, 0.3) is 22.6 Å². The third-order valence-corrected chi connectivity index (χ3v) is 5.10. The number of aromatic nitrogens is 7. The van der Waals surface area contributed by atoms with Gasteiger partial charge in [0.05, 0.1) is 35.9 Å². The summed E-state index contributed by atoms with van der Waals surface area (Å²) in [6.07, 6.45) is 2.74. The summed E-state index contributed by atoms with van der Waals surface area (Å²) < 4.78 is 43.3. The molecule has 0 unspecified atom stereocenters. The third kappa shape index (κ3) is 2.90. The lowest BCUT2D eigenvalue weighted by molar-refractivity contribution is -0.119. The summed E-state index contributed by atoms with van der Waals surface area (Å²) in [5.41, 5.74) is -0.541. The van der Waals surface area contributed by atoms with Crippen LogP contribution in [0.1, 0.15) is 25.1 Å². The summed E-state index contributed by atoms with van der Waals surface area (Å²) in [6, 6.07) is 1.17. The van der Waals surface area contributed by atoms with Crippen LogP contribution in [0.4, 0.5) is 19.0 Å². The van der Waals surface area contributed by atoms with Crippen molar-refractivity contribution in [3.63, 3.8) is 0 Å². The highest BCUT2D eigenvalue weighted by atomic mass is 19.1. The lowest BCUT2D eigenvalue weighted by atomic mass is 9.91. The van der Waals surface area contributed by atoms with Crippen molar-refractivity contribution < 1.29 is 18.0 Å². The van der Waals surface area contributed by atoms with E-state index in [-0.39, 0.29) is 46.4 Å². The number of hydrogen-bond acceptors (Lipinski definition) is 7. The largest absolute Gasteiger partial charge is 0.308 e. The van der Waals surface area contributed by atoms with Gasteiger partial charge < -0.3 is 5.32 Å². The molecule has 1 amide bonds. The van der Waals surface area contributed by atoms with Gasteiger partial charge in [0.1, 0.15) is 28.8 Å². The molecule has 1 N–H and O–H groups in total. The Morgan fingerprint density at radius 1 is 1.10 bits per heavy atom. The summed E-state index contributed by atoms with van der Waals surface area (Å²) in [7, 11) is 0.